The van der Waals surface area contributed by atoms with Gasteiger partial charge in [-0.2, -0.15) is 0 Å². The van der Waals surface area contributed by atoms with Crippen LogP contribution in [0, 0.1) is 0 Å². The number of carbonyl (C=O) groups is 2. The molecule has 0 spiro atoms. The van der Waals surface area contributed by atoms with Crippen molar-refractivity contribution in [3.8, 4) is 5.75 Å². The van der Waals surface area contributed by atoms with E-state index in [0.29, 0.717) is 11.3 Å². The minimum absolute atomic E-state index is 0.147. The second-order valence-electron chi connectivity index (χ2n) is 5.36. The molecule has 1 aromatic carbocycles. The number of nitrogens with one attached hydrogen (secondary N) is 1. The Morgan fingerprint density at radius 3 is 2.50 bits per heavy atom. The standard InChI is InChI=1S/C16H15NO5/c1-16(2)21-14(18)10(15(19)22-16)7-9-8-17-11-5-4-6-12(20-3)13(9)11/h4-8,17H,1-3H3. The van der Waals surface area contributed by atoms with E-state index in [-0.39, 0.29) is 5.57 Å². The quantitative estimate of drug-likeness (QED) is 0.523. The van der Waals surface area contributed by atoms with Gasteiger partial charge < -0.3 is 19.2 Å². The lowest BCUT2D eigenvalue weighted by atomic mass is 10.1. The van der Waals surface area contributed by atoms with Gasteiger partial charge in [-0.25, -0.2) is 9.59 Å². The number of ether oxygens (including phenoxy) is 3. The molecular formula is C16H15NO5. The Morgan fingerprint density at radius 2 is 1.86 bits per heavy atom. The number of rotatable bonds is 2. The van der Waals surface area contributed by atoms with Gasteiger partial charge in [0.25, 0.3) is 5.79 Å². The minimum atomic E-state index is -1.25. The van der Waals surface area contributed by atoms with Crippen molar-refractivity contribution in [1.82, 2.24) is 4.98 Å². The monoisotopic (exact) mass is 301 g/mol. The molecule has 1 fully saturated rings. The maximum Gasteiger partial charge on any atom is 0.348 e. The number of esters is 2. The Bertz CT molecular complexity index is 778. The van der Waals surface area contributed by atoms with Crippen molar-refractivity contribution >= 4 is 28.9 Å². The number of fused-ring (bicyclic) bond motifs is 1. The van der Waals surface area contributed by atoms with Crippen LogP contribution in [0.2, 0.25) is 0 Å². The molecule has 22 heavy (non-hydrogen) atoms. The fourth-order valence-electron chi connectivity index (χ4n) is 2.39. The molecular weight excluding hydrogens is 286 g/mol. The van der Waals surface area contributed by atoms with Crippen molar-refractivity contribution in [2.45, 2.75) is 19.6 Å². The first kappa shape index (κ1) is 14.2. The summed E-state index contributed by atoms with van der Waals surface area (Å²) < 4.78 is 15.5. The first-order valence-electron chi connectivity index (χ1n) is 6.74. The summed E-state index contributed by atoms with van der Waals surface area (Å²) in [7, 11) is 1.56. The number of carbonyl (C=O) groups excluding carboxylic acids is 2. The molecule has 6 nitrogen and oxygen atoms in total. The highest BCUT2D eigenvalue weighted by atomic mass is 16.7. The van der Waals surface area contributed by atoms with Gasteiger partial charge >= 0.3 is 11.9 Å². The van der Waals surface area contributed by atoms with Crippen LogP contribution >= 0.6 is 0 Å². The number of aromatic amines is 1. The van der Waals surface area contributed by atoms with Crippen LogP contribution in [-0.2, 0) is 19.1 Å². The average molecular weight is 301 g/mol. The van der Waals surface area contributed by atoms with Crippen molar-refractivity contribution in [3.05, 3.63) is 35.5 Å². The van der Waals surface area contributed by atoms with E-state index < -0.39 is 17.7 Å². The molecule has 1 aliphatic rings. The van der Waals surface area contributed by atoms with Gasteiger partial charge in [-0.05, 0) is 18.2 Å². The number of hydrogen-bond donors (Lipinski definition) is 1. The van der Waals surface area contributed by atoms with E-state index in [1.807, 2.05) is 12.1 Å². The molecule has 0 radical (unpaired) electrons. The first-order valence-corrected chi connectivity index (χ1v) is 6.74. The van der Waals surface area contributed by atoms with Gasteiger partial charge in [0.2, 0.25) is 0 Å². The summed E-state index contributed by atoms with van der Waals surface area (Å²) in [5.74, 6) is -2.01. The van der Waals surface area contributed by atoms with E-state index in [9.17, 15) is 9.59 Å². The average Bonchev–Trinajstić information content (AvgIpc) is 2.85. The molecule has 0 amide bonds. The number of hydrogen-bond acceptors (Lipinski definition) is 5. The number of H-pyrrole nitrogens is 1. The highest BCUT2D eigenvalue weighted by molar-refractivity contribution is 6.19. The third-order valence-corrected chi connectivity index (χ3v) is 3.33. The zero-order chi connectivity index (χ0) is 15.9. The largest absolute Gasteiger partial charge is 0.496 e. The van der Waals surface area contributed by atoms with Crippen LogP contribution in [0.3, 0.4) is 0 Å². The van der Waals surface area contributed by atoms with Crippen molar-refractivity contribution in [3.63, 3.8) is 0 Å². The topological polar surface area (TPSA) is 77.6 Å². The summed E-state index contributed by atoms with van der Waals surface area (Å²) in [4.78, 5) is 27.1. The summed E-state index contributed by atoms with van der Waals surface area (Å²) in [6, 6.07) is 5.53. The summed E-state index contributed by atoms with van der Waals surface area (Å²) in [6.07, 6.45) is 3.14. The molecule has 0 unspecified atom stereocenters. The lowest BCUT2D eigenvalue weighted by Crippen LogP contribution is -2.41. The molecule has 6 heteroatoms. The predicted octanol–water partition coefficient (Wildman–Crippen LogP) is 2.40. The van der Waals surface area contributed by atoms with Crippen LogP contribution < -0.4 is 4.74 Å². The first-order chi connectivity index (χ1) is 10.4. The molecule has 2 aromatic rings. The highest BCUT2D eigenvalue weighted by Crippen LogP contribution is 2.31. The van der Waals surface area contributed by atoms with Crippen LogP contribution in [-0.4, -0.2) is 29.8 Å². The third kappa shape index (κ3) is 2.32. The third-order valence-electron chi connectivity index (χ3n) is 3.33. The van der Waals surface area contributed by atoms with Gasteiger partial charge in [-0.1, -0.05) is 6.07 Å². The van der Waals surface area contributed by atoms with E-state index in [4.69, 9.17) is 14.2 Å². The number of cyclic esters (lactones) is 2. The van der Waals surface area contributed by atoms with E-state index >= 15 is 0 Å². The van der Waals surface area contributed by atoms with Crippen LogP contribution in [0.15, 0.2) is 30.0 Å². The number of benzene rings is 1. The molecule has 0 saturated carbocycles. The number of aromatic nitrogens is 1. The summed E-state index contributed by atoms with van der Waals surface area (Å²) >= 11 is 0. The second kappa shape index (κ2) is 4.91. The highest BCUT2D eigenvalue weighted by Gasteiger charge is 2.39. The van der Waals surface area contributed by atoms with E-state index in [2.05, 4.69) is 4.98 Å². The Balaban J connectivity index is 2.09. The molecule has 1 N–H and O–H groups in total. The van der Waals surface area contributed by atoms with Gasteiger partial charge in [-0.15, -0.1) is 0 Å². The number of methoxy groups -OCH3 is 1. The maximum absolute atomic E-state index is 12.0. The normalized spacial score (nSPS) is 17.1. The van der Waals surface area contributed by atoms with Gasteiger partial charge in [0.1, 0.15) is 11.3 Å². The van der Waals surface area contributed by atoms with Gasteiger partial charge in [0.05, 0.1) is 7.11 Å². The smallest absolute Gasteiger partial charge is 0.348 e. The fourth-order valence-corrected chi connectivity index (χ4v) is 2.39. The Hall–Kier alpha value is -2.76. The van der Waals surface area contributed by atoms with Crippen LogP contribution in [0.25, 0.3) is 17.0 Å². The van der Waals surface area contributed by atoms with Crippen molar-refractivity contribution in [2.24, 2.45) is 0 Å². The zero-order valence-electron chi connectivity index (χ0n) is 12.4. The molecule has 1 aromatic heterocycles. The minimum Gasteiger partial charge on any atom is -0.496 e. The van der Waals surface area contributed by atoms with Crippen molar-refractivity contribution in [2.75, 3.05) is 7.11 Å². The molecule has 0 atom stereocenters. The Morgan fingerprint density at radius 1 is 1.18 bits per heavy atom. The SMILES string of the molecule is COc1cccc2[nH]cc(C=C3C(=O)OC(C)(C)OC3=O)c12. The molecule has 114 valence electrons. The lowest BCUT2D eigenvalue weighted by molar-refractivity contribution is -0.222. The Kier molecular flexibility index (Phi) is 3.16. The Labute approximate surface area is 126 Å². The van der Waals surface area contributed by atoms with E-state index in [1.165, 1.54) is 19.9 Å². The predicted molar refractivity (Wildman–Crippen MR) is 79.1 cm³/mol. The van der Waals surface area contributed by atoms with Crippen LogP contribution in [0.4, 0.5) is 0 Å². The van der Waals surface area contributed by atoms with Gasteiger partial charge in [-0.3, -0.25) is 0 Å². The molecule has 0 aliphatic carbocycles. The zero-order valence-corrected chi connectivity index (χ0v) is 12.4. The van der Waals surface area contributed by atoms with Gasteiger partial charge in [0, 0.05) is 36.5 Å². The molecule has 1 saturated heterocycles. The molecule has 2 heterocycles. The lowest BCUT2D eigenvalue weighted by Gasteiger charge is -2.29. The summed E-state index contributed by atoms with van der Waals surface area (Å²) in [5, 5.41) is 0.780. The van der Waals surface area contributed by atoms with Crippen LogP contribution in [0.5, 0.6) is 5.75 Å². The fraction of sp³-hybridized carbons (Fsp3) is 0.250. The van der Waals surface area contributed by atoms with Crippen molar-refractivity contribution in [1.29, 1.82) is 0 Å². The second-order valence-corrected chi connectivity index (χ2v) is 5.36. The molecule has 3 rings (SSSR count). The van der Waals surface area contributed by atoms with Crippen LogP contribution in [0.1, 0.15) is 19.4 Å². The maximum atomic E-state index is 12.0. The van der Waals surface area contributed by atoms with Gasteiger partial charge in [0.15, 0.2) is 0 Å². The van der Waals surface area contributed by atoms with Crippen molar-refractivity contribution < 1.29 is 23.8 Å². The summed E-state index contributed by atoms with van der Waals surface area (Å²) in [6.45, 7) is 3.02. The molecule has 1 aliphatic heterocycles. The molecule has 0 bridgehead atoms. The van der Waals surface area contributed by atoms with E-state index in [0.717, 1.165) is 10.9 Å². The summed E-state index contributed by atoms with van der Waals surface area (Å²) in [5.41, 5.74) is 1.34. The van der Waals surface area contributed by atoms with E-state index in [1.54, 1.807) is 19.4 Å².